The van der Waals surface area contributed by atoms with Crippen LogP contribution in [0.1, 0.15) is 17.5 Å². The number of rotatable bonds is 7. The molecule has 0 aliphatic rings. The molecule has 146 valence electrons. The van der Waals surface area contributed by atoms with E-state index in [1.807, 2.05) is 25.2 Å². The van der Waals surface area contributed by atoms with E-state index < -0.39 is 9.84 Å². The van der Waals surface area contributed by atoms with Gasteiger partial charge in [-0.05, 0) is 41.8 Å². The highest BCUT2D eigenvalue weighted by Crippen LogP contribution is 2.15. The standard InChI is InChI=1S/C20H22N4O3S/c1-24-19(11-12-23-24)18-9-5-16(13-21-18)14-22-20(25)10-6-15-3-7-17(8-4-15)28(2,26)27/h3-5,7-9,11-13H,6,10,14H2,1-2H3,(H,22,25). The molecule has 0 atom stereocenters. The topological polar surface area (TPSA) is 94.0 Å². The van der Waals surface area contributed by atoms with E-state index >= 15 is 0 Å². The number of amides is 1. The second kappa shape index (κ2) is 8.35. The van der Waals surface area contributed by atoms with Crippen LogP contribution >= 0.6 is 0 Å². The quantitative estimate of drug-likeness (QED) is 0.658. The number of hydrogen-bond acceptors (Lipinski definition) is 5. The molecule has 0 spiro atoms. The van der Waals surface area contributed by atoms with Gasteiger partial charge in [-0.25, -0.2) is 8.42 Å². The second-order valence-electron chi connectivity index (χ2n) is 6.58. The Balaban J connectivity index is 1.48. The number of aryl methyl sites for hydroxylation is 2. The van der Waals surface area contributed by atoms with Gasteiger partial charge in [-0.15, -0.1) is 0 Å². The van der Waals surface area contributed by atoms with Crippen molar-refractivity contribution >= 4 is 15.7 Å². The lowest BCUT2D eigenvalue weighted by molar-refractivity contribution is -0.121. The lowest BCUT2D eigenvalue weighted by atomic mass is 10.1. The smallest absolute Gasteiger partial charge is 0.220 e. The van der Waals surface area contributed by atoms with Crippen LogP contribution < -0.4 is 5.32 Å². The summed E-state index contributed by atoms with van der Waals surface area (Å²) in [5.74, 6) is -0.0668. The monoisotopic (exact) mass is 398 g/mol. The minimum absolute atomic E-state index is 0.0668. The van der Waals surface area contributed by atoms with Crippen molar-refractivity contribution in [2.75, 3.05) is 6.26 Å². The molecule has 0 saturated carbocycles. The summed E-state index contributed by atoms with van der Waals surface area (Å²) < 4.78 is 24.7. The van der Waals surface area contributed by atoms with Crippen LogP contribution in [0.3, 0.4) is 0 Å². The number of hydrogen-bond donors (Lipinski definition) is 1. The Bertz CT molecular complexity index is 1060. The van der Waals surface area contributed by atoms with Crippen LogP contribution in [0.15, 0.2) is 59.8 Å². The normalized spacial score (nSPS) is 11.4. The van der Waals surface area contributed by atoms with Crippen LogP contribution in [0.5, 0.6) is 0 Å². The summed E-state index contributed by atoms with van der Waals surface area (Å²) in [6.45, 7) is 0.407. The van der Waals surface area contributed by atoms with Gasteiger partial charge in [0, 0.05) is 38.7 Å². The minimum atomic E-state index is -3.20. The summed E-state index contributed by atoms with van der Waals surface area (Å²) in [5.41, 5.74) is 3.59. The van der Waals surface area contributed by atoms with Crippen LogP contribution in [-0.4, -0.2) is 35.3 Å². The van der Waals surface area contributed by atoms with Crippen molar-refractivity contribution in [2.45, 2.75) is 24.3 Å². The molecular weight excluding hydrogens is 376 g/mol. The van der Waals surface area contributed by atoms with E-state index in [9.17, 15) is 13.2 Å². The van der Waals surface area contributed by atoms with E-state index in [0.717, 1.165) is 22.5 Å². The van der Waals surface area contributed by atoms with Gasteiger partial charge in [-0.1, -0.05) is 18.2 Å². The van der Waals surface area contributed by atoms with Crippen molar-refractivity contribution in [3.05, 3.63) is 66.0 Å². The first-order valence-corrected chi connectivity index (χ1v) is 10.7. The van der Waals surface area contributed by atoms with Crippen molar-refractivity contribution in [1.29, 1.82) is 0 Å². The molecular formula is C20H22N4O3S. The van der Waals surface area contributed by atoms with Crippen LogP contribution in [0.25, 0.3) is 11.4 Å². The number of benzene rings is 1. The Morgan fingerprint density at radius 1 is 1.07 bits per heavy atom. The Morgan fingerprint density at radius 2 is 1.79 bits per heavy atom. The molecule has 0 radical (unpaired) electrons. The van der Waals surface area contributed by atoms with E-state index in [1.54, 1.807) is 41.3 Å². The highest BCUT2D eigenvalue weighted by Gasteiger charge is 2.08. The largest absolute Gasteiger partial charge is 0.352 e. The van der Waals surface area contributed by atoms with E-state index in [2.05, 4.69) is 15.4 Å². The number of nitrogens with one attached hydrogen (secondary N) is 1. The van der Waals surface area contributed by atoms with Gasteiger partial charge in [0.15, 0.2) is 9.84 Å². The first-order valence-electron chi connectivity index (χ1n) is 8.82. The lowest BCUT2D eigenvalue weighted by Gasteiger charge is -2.07. The minimum Gasteiger partial charge on any atom is -0.352 e. The molecule has 8 heteroatoms. The highest BCUT2D eigenvalue weighted by atomic mass is 32.2. The summed E-state index contributed by atoms with van der Waals surface area (Å²) >= 11 is 0. The molecule has 7 nitrogen and oxygen atoms in total. The van der Waals surface area contributed by atoms with Crippen LogP contribution in [0.4, 0.5) is 0 Å². The van der Waals surface area contributed by atoms with Gasteiger partial charge in [-0.2, -0.15) is 5.10 Å². The van der Waals surface area contributed by atoms with Crippen molar-refractivity contribution < 1.29 is 13.2 Å². The molecule has 3 aromatic rings. The molecule has 3 rings (SSSR count). The number of aromatic nitrogens is 3. The van der Waals surface area contributed by atoms with Crippen LogP contribution in [-0.2, 0) is 34.6 Å². The zero-order valence-electron chi connectivity index (χ0n) is 15.8. The van der Waals surface area contributed by atoms with Gasteiger partial charge in [0.1, 0.15) is 0 Å². The molecule has 2 heterocycles. The highest BCUT2D eigenvalue weighted by molar-refractivity contribution is 7.90. The van der Waals surface area contributed by atoms with Crippen molar-refractivity contribution in [3.8, 4) is 11.4 Å². The maximum atomic E-state index is 12.1. The first-order chi connectivity index (χ1) is 13.3. The van der Waals surface area contributed by atoms with Crippen molar-refractivity contribution in [3.63, 3.8) is 0 Å². The molecule has 0 aliphatic carbocycles. The molecule has 0 saturated heterocycles. The van der Waals surface area contributed by atoms with Gasteiger partial charge >= 0.3 is 0 Å². The average Bonchev–Trinajstić information content (AvgIpc) is 3.10. The fourth-order valence-corrected chi connectivity index (χ4v) is 3.39. The number of carbonyl (C=O) groups is 1. The molecule has 1 N–H and O–H groups in total. The molecule has 2 aromatic heterocycles. The molecule has 1 aromatic carbocycles. The molecule has 0 fully saturated rings. The van der Waals surface area contributed by atoms with Gasteiger partial charge in [0.25, 0.3) is 0 Å². The first kappa shape index (κ1) is 19.8. The maximum absolute atomic E-state index is 12.1. The predicted octanol–water partition coefficient (Wildman–Crippen LogP) is 2.13. The predicted molar refractivity (Wildman–Crippen MR) is 106 cm³/mol. The molecule has 28 heavy (non-hydrogen) atoms. The number of nitrogens with zero attached hydrogens (tertiary/aromatic N) is 3. The van der Waals surface area contributed by atoms with Crippen LogP contribution in [0.2, 0.25) is 0 Å². The second-order valence-corrected chi connectivity index (χ2v) is 8.60. The van der Waals surface area contributed by atoms with Crippen molar-refractivity contribution in [2.24, 2.45) is 7.05 Å². The summed E-state index contributed by atoms with van der Waals surface area (Å²) in [6.07, 6.45) is 5.52. The third-order valence-corrected chi connectivity index (χ3v) is 5.52. The fourth-order valence-electron chi connectivity index (χ4n) is 2.76. The van der Waals surface area contributed by atoms with E-state index in [4.69, 9.17) is 0 Å². The maximum Gasteiger partial charge on any atom is 0.220 e. The Hall–Kier alpha value is -3.00. The van der Waals surface area contributed by atoms with Crippen molar-refractivity contribution in [1.82, 2.24) is 20.1 Å². The number of pyridine rings is 1. The van der Waals surface area contributed by atoms with E-state index in [1.165, 1.54) is 6.26 Å². The van der Waals surface area contributed by atoms with Gasteiger partial charge < -0.3 is 5.32 Å². The summed E-state index contributed by atoms with van der Waals surface area (Å²) in [7, 11) is -1.34. The van der Waals surface area contributed by atoms with E-state index in [-0.39, 0.29) is 10.8 Å². The molecule has 0 unspecified atom stereocenters. The van der Waals surface area contributed by atoms with Crippen LogP contribution in [0, 0.1) is 0 Å². The number of carbonyl (C=O) groups excluding carboxylic acids is 1. The summed E-state index contributed by atoms with van der Waals surface area (Å²) in [6, 6.07) is 12.3. The third-order valence-electron chi connectivity index (χ3n) is 4.39. The molecule has 0 bridgehead atoms. The zero-order valence-corrected chi connectivity index (χ0v) is 16.6. The Labute approximate surface area is 164 Å². The third kappa shape index (κ3) is 5.04. The Morgan fingerprint density at radius 3 is 2.36 bits per heavy atom. The van der Waals surface area contributed by atoms with Gasteiger partial charge in [0.2, 0.25) is 5.91 Å². The van der Waals surface area contributed by atoms with E-state index in [0.29, 0.717) is 19.4 Å². The summed E-state index contributed by atoms with van der Waals surface area (Å²) in [5, 5.41) is 7.01. The molecule has 1 amide bonds. The zero-order chi connectivity index (χ0) is 20.1. The summed E-state index contributed by atoms with van der Waals surface area (Å²) in [4.78, 5) is 16.8. The Kier molecular flexibility index (Phi) is 5.89. The molecule has 0 aliphatic heterocycles. The average molecular weight is 398 g/mol. The van der Waals surface area contributed by atoms with Gasteiger partial charge in [-0.3, -0.25) is 14.5 Å². The lowest BCUT2D eigenvalue weighted by Crippen LogP contribution is -2.23. The van der Waals surface area contributed by atoms with Gasteiger partial charge in [0.05, 0.1) is 16.3 Å². The number of sulfone groups is 1. The fraction of sp³-hybridized carbons (Fsp3) is 0.250. The SMILES string of the molecule is Cn1nccc1-c1ccc(CNC(=O)CCc2ccc(S(C)(=O)=O)cc2)cn1.